The van der Waals surface area contributed by atoms with Gasteiger partial charge < -0.3 is 28.6 Å². The third kappa shape index (κ3) is 26.1. The molecule has 0 unspecified atom stereocenters. The zero-order chi connectivity index (χ0) is 21.8. The van der Waals surface area contributed by atoms with Crippen LogP contribution in [0.25, 0.3) is 0 Å². The minimum absolute atomic E-state index is 0.224. The molecule has 0 spiro atoms. The van der Waals surface area contributed by atoms with E-state index in [1.54, 1.807) is 18.9 Å². The van der Waals surface area contributed by atoms with E-state index in [0.29, 0.717) is 39.6 Å². The van der Waals surface area contributed by atoms with Gasteiger partial charge >= 0.3 is 63.7 Å². The second-order valence-electron chi connectivity index (χ2n) is 4.69. The average Bonchev–Trinajstić information content (AvgIpc) is 2.75. The Morgan fingerprint density at radius 2 is 0.926 bits per heavy atom. The van der Waals surface area contributed by atoms with Crippen LogP contribution in [0, 0.1) is 5.41 Å². The molecular formula is C18H29Cr3O6-3. The summed E-state index contributed by atoms with van der Waals surface area (Å²) in [6.07, 6.45) is 6.72. The third-order valence-corrected chi connectivity index (χ3v) is 3.02. The van der Waals surface area contributed by atoms with E-state index >= 15 is 0 Å². The van der Waals surface area contributed by atoms with Crippen molar-refractivity contribution in [2.24, 2.45) is 5.41 Å². The van der Waals surface area contributed by atoms with E-state index in [1.807, 2.05) is 6.92 Å². The van der Waals surface area contributed by atoms with Crippen molar-refractivity contribution < 1.29 is 76.1 Å². The van der Waals surface area contributed by atoms with Crippen LogP contribution >= 0.6 is 0 Å². The monoisotopic (exact) mass is 497 g/mol. The average molecular weight is 497 g/mol. The van der Waals surface area contributed by atoms with Crippen molar-refractivity contribution in [1.29, 1.82) is 0 Å². The summed E-state index contributed by atoms with van der Waals surface area (Å²) in [6, 6.07) is 0. The van der Waals surface area contributed by atoms with E-state index in [1.165, 1.54) is 0 Å². The number of rotatable bonds is 16. The molecule has 0 aliphatic carbocycles. The van der Waals surface area contributed by atoms with Crippen molar-refractivity contribution >= 4 is 35.0 Å². The van der Waals surface area contributed by atoms with Gasteiger partial charge in [0.05, 0.1) is 19.8 Å². The molecular weight excluding hydrogens is 468 g/mol. The second kappa shape index (κ2) is 33.7. The van der Waals surface area contributed by atoms with Gasteiger partial charge in [0.2, 0.25) is 0 Å². The van der Waals surface area contributed by atoms with Gasteiger partial charge in [-0.3, -0.25) is 18.9 Å². The van der Waals surface area contributed by atoms with E-state index < -0.39 is 0 Å². The summed E-state index contributed by atoms with van der Waals surface area (Å²) < 4.78 is 16.4. The van der Waals surface area contributed by atoms with Gasteiger partial charge in [-0.15, -0.1) is 19.3 Å². The Balaban J connectivity index is -0.000000397. The first kappa shape index (κ1) is 34.6. The molecule has 0 aliphatic heterocycles. The maximum atomic E-state index is 10.2. The summed E-state index contributed by atoms with van der Waals surface area (Å²) >= 11 is 7.12. The van der Waals surface area contributed by atoms with Crippen LogP contribution in [0.1, 0.15) is 32.6 Å². The number of carbonyl (C=O) groups excluding carboxylic acids is 3. The molecule has 0 saturated heterocycles. The maximum absolute atomic E-state index is 10.2. The summed E-state index contributed by atoms with van der Waals surface area (Å²) in [5, 5.41) is 9.38. The summed E-state index contributed by atoms with van der Waals surface area (Å²) in [5.74, 6) is 0. The second-order valence-corrected chi connectivity index (χ2v) is 4.69. The van der Waals surface area contributed by atoms with E-state index in [0.717, 1.165) is 6.42 Å². The molecule has 0 aromatic heterocycles. The van der Waals surface area contributed by atoms with Crippen LogP contribution in [0.4, 0.5) is 0 Å². The number of hydrogen-bond acceptors (Lipinski definition) is 6. The predicted octanol–water partition coefficient (Wildman–Crippen LogP) is 0.828. The molecule has 0 heterocycles. The predicted molar refractivity (Wildman–Crippen MR) is 97.5 cm³/mol. The standard InChI is InChI=1S/C15H23O6.3CH2.3Cr/c1-2-15(12-19-9-3-6-16,13-20-10-4-7-17)14-21-11-5-8-18;;;;;;/h2-5,9-14H2,1H3;3*1H2;;;/q-3;;;;;;. The van der Waals surface area contributed by atoms with Crippen LogP contribution in [0.15, 0.2) is 0 Å². The number of hydrogen-bond donors (Lipinski definition) is 0. The molecule has 0 saturated carbocycles. The molecule has 9 heteroatoms. The molecule has 0 amide bonds. The van der Waals surface area contributed by atoms with Crippen LogP contribution in [0.3, 0.4) is 0 Å². The first-order valence-electron chi connectivity index (χ1n) is 7.89. The van der Waals surface area contributed by atoms with Crippen LogP contribution < -0.4 is 0 Å². The van der Waals surface area contributed by atoms with Gasteiger partial charge in [0.1, 0.15) is 0 Å². The summed E-state index contributed by atoms with van der Waals surface area (Å²) in [6.45, 7) is 4.02. The quantitative estimate of drug-likeness (QED) is 0.232. The molecule has 0 aromatic carbocycles. The summed E-state index contributed by atoms with van der Waals surface area (Å²) in [5.41, 5.74) is -0.366. The van der Waals surface area contributed by atoms with Gasteiger partial charge in [0.15, 0.2) is 0 Å². The first-order valence-corrected chi connectivity index (χ1v) is 10.6. The Kier molecular flexibility index (Phi) is 43.1. The molecule has 0 rings (SSSR count). The van der Waals surface area contributed by atoms with Crippen molar-refractivity contribution in [3.63, 3.8) is 0 Å². The Hall–Kier alpha value is 0.0974. The van der Waals surface area contributed by atoms with Crippen LogP contribution in [0.2, 0.25) is 0 Å². The molecule has 0 N–H and O–H groups in total. The van der Waals surface area contributed by atoms with E-state index in [9.17, 15) is 14.4 Å². The van der Waals surface area contributed by atoms with Gasteiger partial charge in [-0.05, 0) is 6.42 Å². The van der Waals surface area contributed by atoms with Gasteiger partial charge in [0, 0.05) is 25.2 Å². The van der Waals surface area contributed by atoms with Crippen molar-refractivity contribution in [1.82, 2.24) is 0 Å². The van der Waals surface area contributed by atoms with E-state index in [2.05, 4.69) is 63.7 Å². The van der Waals surface area contributed by atoms with Crippen LogP contribution in [-0.4, -0.2) is 74.7 Å². The van der Waals surface area contributed by atoms with E-state index in [4.69, 9.17) is 14.2 Å². The van der Waals surface area contributed by atoms with Crippen molar-refractivity contribution in [2.75, 3.05) is 39.6 Å². The Morgan fingerprint density at radius 3 is 1.11 bits per heavy atom. The zero-order valence-corrected chi connectivity index (χ0v) is 19.7. The Morgan fingerprint density at radius 1 is 0.667 bits per heavy atom. The fraction of sp³-hybridized carbons (Fsp3) is 0.667. The SMILES string of the molecule is CCC(COCC[C-]=O)(COCC[C-]=O)COCC[C-]=O.[CH2]=[Cr].[CH2]=[Cr].[CH2]=[Cr]. The third-order valence-electron chi connectivity index (χ3n) is 3.02. The molecule has 0 atom stereocenters. The van der Waals surface area contributed by atoms with E-state index in [-0.39, 0.29) is 24.7 Å². The van der Waals surface area contributed by atoms with Gasteiger partial charge in [-0.25, -0.2) is 0 Å². The topological polar surface area (TPSA) is 78.9 Å². The molecule has 6 nitrogen and oxygen atoms in total. The molecule has 0 fully saturated rings. The van der Waals surface area contributed by atoms with Gasteiger partial charge in [-0.1, -0.05) is 6.92 Å². The van der Waals surface area contributed by atoms with Crippen LogP contribution in [0.5, 0.6) is 0 Å². The Bertz CT molecular complexity index is 287. The minimum atomic E-state index is -0.366. The molecule has 0 aromatic rings. The molecule has 0 radical (unpaired) electrons. The fourth-order valence-corrected chi connectivity index (χ4v) is 1.64. The normalized spacial score (nSPS) is 9.22. The fourth-order valence-electron chi connectivity index (χ4n) is 1.64. The van der Waals surface area contributed by atoms with Crippen LogP contribution in [-0.2, 0) is 76.1 Å². The Labute approximate surface area is 188 Å². The first-order chi connectivity index (χ1) is 13.2. The summed E-state index contributed by atoms with van der Waals surface area (Å²) in [7, 11) is 0. The molecule has 0 bridgehead atoms. The number of ether oxygens (including phenoxy) is 3. The van der Waals surface area contributed by atoms with Crippen molar-refractivity contribution in [3.05, 3.63) is 0 Å². The zero-order valence-electron chi connectivity index (χ0n) is 15.9. The van der Waals surface area contributed by atoms with Crippen molar-refractivity contribution in [3.8, 4) is 0 Å². The molecule has 27 heavy (non-hydrogen) atoms. The summed E-state index contributed by atoms with van der Waals surface area (Å²) in [4.78, 5) is 30.5. The van der Waals surface area contributed by atoms with Gasteiger partial charge in [-0.2, -0.15) is 0 Å². The van der Waals surface area contributed by atoms with Crippen molar-refractivity contribution in [2.45, 2.75) is 32.6 Å². The molecule has 158 valence electrons. The van der Waals surface area contributed by atoms with Gasteiger partial charge in [0.25, 0.3) is 0 Å². The molecule has 0 aliphatic rings.